The predicted molar refractivity (Wildman–Crippen MR) is 131 cm³/mol. The summed E-state index contributed by atoms with van der Waals surface area (Å²) in [5.41, 5.74) is 0.637. The van der Waals surface area contributed by atoms with Gasteiger partial charge in [-0.05, 0) is 24.3 Å². The molecular weight excluding hydrogens is 484 g/mol. The van der Waals surface area contributed by atoms with E-state index in [2.05, 4.69) is 0 Å². The Morgan fingerprint density at radius 2 is 1.51 bits per heavy atom. The van der Waals surface area contributed by atoms with Crippen molar-refractivity contribution in [3.63, 3.8) is 0 Å². The van der Waals surface area contributed by atoms with Gasteiger partial charge in [-0.2, -0.15) is 0 Å². The average Bonchev–Trinajstić information content (AvgIpc) is 2.88. The Morgan fingerprint density at radius 1 is 0.811 bits per heavy atom. The molecule has 0 unspecified atom stereocenters. The van der Waals surface area contributed by atoms with Gasteiger partial charge in [0.1, 0.15) is 34.0 Å². The number of phenolic OH excluding ortho intramolecular Hbond substituents is 3. The molecule has 1 aliphatic heterocycles. The van der Waals surface area contributed by atoms with Gasteiger partial charge in [0.05, 0.1) is 27.8 Å². The number of hydrogen-bond donors (Lipinski definition) is 3. The van der Waals surface area contributed by atoms with E-state index in [1.165, 1.54) is 51.7 Å². The summed E-state index contributed by atoms with van der Waals surface area (Å²) in [6.45, 7) is 0. The minimum Gasteiger partial charge on any atom is -0.507 e. The van der Waals surface area contributed by atoms with Crippen LogP contribution in [0.2, 0.25) is 0 Å². The highest BCUT2D eigenvalue weighted by atomic mass is 16.5. The summed E-state index contributed by atoms with van der Waals surface area (Å²) in [6, 6.07) is 9.62. The van der Waals surface area contributed by atoms with Gasteiger partial charge in [0.25, 0.3) is 0 Å². The van der Waals surface area contributed by atoms with Crippen LogP contribution < -0.4 is 24.4 Å². The second kappa shape index (κ2) is 8.98. The van der Waals surface area contributed by atoms with E-state index in [9.17, 15) is 24.9 Å². The molecule has 1 atom stereocenters. The molecule has 10 nitrogen and oxygen atoms in total. The van der Waals surface area contributed by atoms with Crippen LogP contribution in [0.3, 0.4) is 0 Å². The molecule has 0 saturated heterocycles. The molecule has 0 aliphatic carbocycles. The third-order valence-electron chi connectivity index (χ3n) is 6.30. The lowest BCUT2D eigenvalue weighted by Gasteiger charge is -2.27. The maximum absolute atomic E-state index is 13.1. The quantitative estimate of drug-likeness (QED) is 0.206. The van der Waals surface area contributed by atoms with E-state index in [1.54, 1.807) is 12.1 Å². The van der Waals surface area contributed by atoms with Gasteiger partial charge in [0.15, 0.2) is 28.4 Å². The molecule has 3 aromatic carbocycles. The van der Waals surface area contributed by atoms with Crippen molar-refractivity contribution >= 4 is 16.9 Å². The molecule has 4 aromatic rings. The Bertz CT molecular complexity index is 1620. The van der Waals surface area contributed by atoms with E-state index in [4.69, 9.17) is 23.4 Å². The van der Waals surface area contributed by atoms with Crippen LogP contribution in [0, 0.1) is 0 Å². The summed E-state index contributed by atoms with van der Waals surface area (Å²) in [5, 5.41) is 30.2. The SMILES string of the molecule is COc1cc(OC)c([C@H]2CC(=O)Oc3cc(O)c4c(=O)cc(-c5ccc(O)c(O)c5)oc4c32)cc1OC. The number of carbonyl (C=O) groups excluding carboxylic acids is 1. The van der Waals surface area contributed by atoms with Gasteiger partial charge in [0.2, 0.25) is 0 Å². The van der Waals surface area contributed by atoms with Crippen LogP contribution in [0.1, 0.15) is 23.5 Å². The second-order valence-electron chi connectivity index (χ2n) is 8.37. The van der Waals surface area contributed by atoms with Crippen molar-refractivity contribution in [2.75, 3.05) is 21.3 Å². The van der Waals surface area contributed by atoms with E-state index >= 15 is 0 Å². The number of hydrogen-bond acceptors (Lipinski definition) is 10. The summed E-state index contributed by atoms with van der Waals surface area (Å²) in [7, 11) is 4.43. The van der Waals surface area contributed by atoms with Crippen molar-refractivity contribution in [1.29, 1.82) is 0 Å². The molecule has 0 radical (unpaired) electrons. The molecule has 3 N–H and O–H groups in total. The Morgan fingerprint density at radius 3 is 2.19 bits per heavy atom. The zero-order valence-corrected chi connectivity index (χ0v) is 20.0. The van der Waals surface area contributed by atoms with Crippen molar-refractivity contribution in [2.45, 2.75) is 12.3 Å². The molecule has 0 fully saturated rings. The number of rotatable bonds is 5. The maximum atomic E-state index is 13.1. The molecule has 10 heteroatoms. The Kier molecular flexibility index (Phi) is 5.79. The highest BCUT2D eigenvalue weighted by Gasteiger charge is 2.36. The fourth-order valence-electron chi connectivity index (χ4n) is 4.57. The van der Waals surface area contributed by atoms with E-state index in [1.807, 2.05) is 0 Å². The van der Waals surface area contributed by atoms with Crippen LogP contribution in [0.25, 0.3) is 22.3 Å². The minimum absolute atomic E-state index is 0.000553. The predicted octanol–water partition coefficient (Wildman–Crippen LogP) is 4.04. The monoisotopic (exact) mass is 506 g/mol. The minimum atomic E-state index is -0.708. The Balaban J connectivity index is 1.83. The number of esters is 1. The number of benzene rings is 3. The fraction of sp³-hybridized carbons (Fsp3) is 0.185. The highest BCUT2D eigenvalue weighted by Crippen LogP contribution is 2.49. The topological polar surface area (TPSA) is 145 Å². The fourth-order valence-corrected chi connectivity index (χ4v) is 4.57. The van der Waals surface area contributed by atoms with Gasteiger partial charge < -0.3 is 38.7 Å². The van der Waals surface area contributed by atoms with Crippen LogP contribution in [-0.4, -0.2) is 42.6 Å². The van der Waals surface area contributed by atoms with Crippen molar-refractivity contribution in [3.8, 4) is 51.6 Å². The summed E-state index contributed by atoms with van der Waals surface area (Å²) in [5.74, 6) is -1.14. The van der Waals surface area contributed by atoms with Crippen molar-refractivity contribution in [2.24, 2.45) is 0 Å². The number of fused-ring (bicyclic) bond motifs is 3. The van der Waals surface area contributed by atoms with Crippen LogP contribution >= 0.6 is 0 Å². The zero-order chi connectivity index (χ0) is 26.4. The Hall–Kier alpha value is -4.86. The van der Waals surface area contributed by atoms with E-state index in [0.29, 0.717) is 33.9 Å². The standard InChI is InChI=1S/C27H22O10/c1-33-20-11-22(35-3)21(34-2)7-13(20)14-8-24(32)36-23-10-18(31)26-17(30)9-19(37-27(26)25(14)23)12-4-5-15(28)16(29)6-12/h4-7,9-11,14,28-29,31H,8H2,1-3H3/t14-/m1/s1. The van der Waals surface area contributed by atoms with Crippen LogP contribution in [0.4, 0.5) is 0 Å². The molecule has 1 aliphatic rings. The number of ether oxygens (including phenoxy) is 4. The number of methoxy groups -OCH3 is 3. The van der Waals surface area contributed by atoms with Gasteiger partial charge in [-0.25, -0.2) is 0 Å². The van der Waals surface area contributed by atoms with Gasteiger partial charge in [-0.15, -0.1) is 0 Å². The van der Waals surface area contributed by atoms with Gasteiger partial charge in [0, 0.05) is 40.8 Å². The lowest BCUT2D eigenvalue weighted by molar-refractivity contribution is -0.135. The van der Waals surface area contributed by atoms with Crippen LogP contribution in [0.5, 0.6) is 40.2 Å². The normalized spacial score (nSPS) is 14.7. The molecule has 2 heterocycles. The van der Waals surface area contributed by atoms with Crippen molar-refractivity contribution in [1.82, 2.24) is 0 Å². The highest BCUT2D eigenvalue weighted by molar-refractivity contribution is 5.93. The lowest BCUT2D eigenvalue weighted by Crippen LogP contribution is -2.22. The van der Waals surface area contributed by atoms with Crippen LogP contribution in [0.15, 0.2) is 51.7 Å². The average molecular weight is 506 g/mol. The molecule has 0 bridgehead atoms. The molecular formula is C27H22O10. The molecule has 0 spiro atoms. The smallest absolute Gasteiger partial charge is 0.312 e. The lowest BCUT2D eigenvalue weighted by atomic mass is 9.84. The number of carbonyl (C=O) groups is 1. The number of aromatic hydroxyl groups is 3. The van der Waals surface area contributed by atoms with Gasteiger partial charge in [-0.3, -0.25) is 9.59 Å². The molecule has 5 rings (SSSR count). The first-order valence-electron chi connectivity index (χ1n) is 11.1. The van der Waals surface area contributed by atoms with E-state index in [-0.39, 0.29) is 34.6 Å². The van der Waals surface area contributed by atoms with Gasteiger partial charge >= 0.3 is 5.97 Å². The molecule has 0 amide bonds. The first kappa shape index (κ1) is 23.9. The van der Waals surface area contributed by atoms with E-state index < -0.39 is 28.8 Å². The molecule has 190 valence electrons. The van der Waals surface area contributed by atoms with E-state index in [0.717, 1.165) is 0 Å². The first-order valence-corrected chi connectivity index (χ1v) is 11.1. The largest absolute Gasteiger partial charge is 0.507 e. The van der Waals surface area contributed by atoms with Crippen LogP contribution in [-0.2, 0) is 4.79 Å². The third kappa shape index (κ3) is 3.92. The van der Waals surface area contributed by atoms with Crippen molar-refractivity contribution < 1.29 is 43.5 Å². The number of phenols is 3. The Labute approximate surface area is 209 Å². The molecule has 1 aromatic heterocycles. The first-order chi connectivity index (χ1) is 17.7. The second-order valence-corrected chi connectivity index (χ2v) is 8.37. The summed E-state index contributed by atoms with van der Waals surface area (Å²) < 4.78 is 28.0. The molecule has 0 saturated carbocycles. The maximum Gasteiger partial charge on any atom is 0.312 e. The van der Waals surface area contributed by atoms with Gasteiger partial charge in [-0.1, -0.05) is 0 Å². The van der Waals surface area contributed by atoms with Crippen molar-refractivity contribution in [3.05, 3.63) is 63.8 Å². The summed E-state index contributed by atoms with van der Waals surface area (Å²) in [4.78, 5) is 25.8. The zero-order valence-electron chi connectivity index (χ0n) is 20.0. The summed E-state index contributed by atoms with van der Waals surface area (Å²) in [6.07, 6.45) is -0.118. The molecule has 37 heavy (non-hydrogen) atoms. The summed E-state index contributed by atoms with van der Waals surface area (Å²) >= 11 is 0. The third-order valence-corrected chi connectivity index (χ3v) is 6.30.